The maximum absolute atomic E-state index is 13.1. The monoisotopic (exact) mass is 265 g/mol. The van der Waals surface area contributed by atoms with Crippen molar-refractivity contribution in [1.29, 1.82) is 0 Å². The second-order valence-corrected chi connectivity index (χ2v) is 5.12. The van der Waals surface area contributed by atoms with Gasteiger partial charge in [0.1, 0.15) is 5.82 Å². The molecule has 0 heterocycles. The lowest BCUT2D eigenvalue weighted by Crippen LogP contribution is -2.41. The van der Waals surface area contributed by atoms with E-state index in [9.17, 15) is 14.0 Å². The Morgan fingerprint density at radius 3 is 2.63 bits per heavy atom. The molecule has 19 heavy (non-hydrogen) atoms. The topological polar surface area (TPSA) is 66.4 Å². The van der Waals surface area contributed by atoms with Gasteiger partial charge in [-0.05, 0) is 37.5 Å². The zero-order chi connectivity index (χ0) is 14.0. The molecular weight excluding hydrogens is 249 g/mol. The van der Waals surface area contributed by atoms with Crippen LogP contribution in [0.3, 0.4) is 0 Å². The average Bonchev–Trinajstić information content (AvgIpc) is 2.28. The first-order valence-corrected chi connectivity index (χ1v) is 6.22. The van der Waals surface area contributed by atoms with Gasteiger partial charge in [0.15, 0.2) is 0 Å². The molecular formula is C14H16FNO3. The molecule has 1 aromatic carbocycles. The highest BCUT2D eigenvalue weighted by atomic mass is 19.1. The summed E-state index contributed by atoms with van der Waals surface area (Å²) in [5, 5.41) is 11.7. The molecule has 0 spiro atoms. The summed E-state index contributed by atoms with van der Waals surface area (Å²) in [5.74, 6) is -1.74. The third-order valence-electron chi connectivity index (χ3n) is 3.74. The fourth-order valence-corrected chi connectivity index (χ4v) is 2.30. The van der Waals surface area contributed by atoms with Crippen LogP contribution >= 0.6 is 0 Å². The first-order valence-electron chi connectivity index (χ1n) is 6.22. The van der Waals surface area contributed by atoms with Crippen LogP contribution in [0.4, 0.5) is 10.1 Å². The van der Waals surface area contributed by atoms with Crippen molar-refractivity contribution in [3.63, 3.8) is 0 Å². The van der Waals surface area contributed by atoms with Crippen LogP contribution in [-0.4, -0.2) is 17.0 Å². The predicted molar refractivity (Wildman–Crippen MR) is 68.3 cm³/mol. The summed E-state index contributed by atoms with van der Waals surface area (Å²) in [6.07, 6.45) is 1.83. The van der Waals surface area contributed by atoms with Crippen molar-refractivity contribution in [3.05, 3.63) is 29.6 Å². The van der Waals surface area contributed by atoms with Gasteiger partial charge in [-0.2, -0.15) is 0 Å². The molecule has 2 N–H and O–H groups in total. The zero-order valence-electron chi connectivity index (χ0n) is 10.7. The highest BCUT2D eigenvalue weighted by molar-refractivity contribution is 5.95. The third-order valence-corrected chi connectivity index (χ3v) is 3.74. The van der Waals surface area contributed by atoms with E-state index in [2.05, 4.69) is 5.32 Å². The molecule has 0 saturated heterocycles. The van der Waals surface area contributed by atoms with Gasteiger partial charge in [-0.15, -0.1) is 0 Å². The Bertz CT molecular complexity index is 523. The molecule has 1 aromatic rings. The Morgan fingerprint density at radius 1 is 1.42 bits per heavy atom. The lowest BCUT2D eigenvalue weighted by atomic mass is 9.66. The van der Waals surface area contributed by atoms with E-state index >= 15 is 0 Å². The van der Waals surface area contributed by atoms with Crippen molar-refractivity contribution in [1.82, 2.24) is 0 Å². The molecule has 0 aliphatic heterocycles. The van der Waals surface area contributed by atoms with Gasteiger partial charge >= 0.3 is 5.97 Å². The molecule has 0 atom stereocenters. The Balaban J connectivity index is 2.05. The van der Waals surface area contributed by atoms with E-state index in [1.54, 1.807) is 13.0 Å². The fourth-order valence-electron chi connectivity index (χ4n) is 2.30. The molecule has 1 aliphatic carbocycles. The normalized spacial score (nSPS) is 16.5. The number of carboxylic acid groups (broad SMARTS) is 1. The molecule has 5 heteroatoms. The zero-order valence-corrected chi connectivity index (χ0v) is 10.7. The van der Waals surface area contributed by atoms with Gasteiger partial charge in [0, 0.05) is 12.1 Å². The molecule has 102 valence electrons. The van der Waals surface area contributed by atoms with Crippen LogP contribution in [0.5, 0.6) is 0 Å². The van der Waals surface area contributed by atoms with Gasteiger partial charge in [0.2, 0.25) is 5.91 Å². The van der Waals surface area contributed by atoms with E-state index in [0.717, 1.165) is 12.0 Å². The first-order chi connectivity index (χ1) is 8.93. The highest BCUT2D eigenvalue weighted by Gasteiger charge is 2.45. The van der Waals surface area contributed by atoms with Gasteiger partial charge in [-0.25, -0.2) is 4.39 Å². The summed E-state index contributed by atoms with van der Waals surface area (Å²) in [4.78, 5) is 23.1. The van der Waals surface area contributed by atoms with E-state index in [-0.39, 0.29) is 12.3 Å². The molecule has 1 amide bonds. The van der Waals surface area contributed by atoms with Crippen LogP contribution in [-0.2, 0) is 9.59 Å². The standard InChI is InChI=1S/C14H16FNO3/c1-9-3-4-10(15)7-11(9)16-12(17)8-14(13(18)19)5-2-6-14/h3-4,7H,2,5-6,8H2,1H3,(H,16,17)(H,18,19). The van der Waals surface area contributed by atoms with Gasteiger partial charge in [0.05, 0.1) is 5.41 Å². The van der Waals surface area contributed by atoms with Crippen molar-refractivity contribution in [3.8, 4) is 0 Å². The molecule has 0 aromatic heterocycles. The minimum Gasteiger partial charge on any atom is -0.481 e. The highest BCUT2D eigenvalue weighted by Crippen LogP contribution is 2.44. The fraction of sp³-hybridized carbons (Fsp3) is 0.429. The number of aliphatic carboxylic acids is 1. The number of carboxylic acids is 1. The molecule has 1 aliphatic rings. The summed E-state index contributed by atoms with van der Waals surface area (Å²) in [6.45, 7) is 1.76. The van der Waals surface area contributed by atoms with Crippen molar-refractivity contribution < 1.29 is 19.1 Å². The van der Waals surface area contributed by atoms with E-state index in [0.29, 0.717) is 18.5 Å². The summed E-state index contributed by atoms with van der Waals surface area (Å²) in [6, 6.07) is 4.12. The lowest BCUT2D eigenvalue weighted by Gasteiger charge is -2.36. The van der Waals surface area contributed by atoms with E-state index < -0.39 is 17.2 Å². The third kappa shape index (κ3) is 2.75. The number of anilines is 1. The second-order valence-electron chi connectivity index (χ2n) is 5.12. The van der Waals surface area contributed by atoms with Gasteiger partial charge in [-0.1, -0.05) is 12.5 Å². The summed E-state index contributed by atoms with van der Waals surface area (Å²) >= 11 is 0. The van der Waals surface area contributed by atoms with Gasteiger partial charge < -0.3 is 10.4 Å². The molecule has 1 fully saturated rings. The maximum Gasteiger partial charge on any atom is 0.310 e. The van der Waals surface area contributed by atoms with E-state index in [1.807, 2.05) is 0 Å². The van der Waals surface area contributed by atoms with Crippen LogP contribution in [0, 0.1) is 18.2 Å². The van der Waals surface area contributed by atoms with Crippen LogP contribution < -0.4 is 5.32 Å². The van der Waals surface area contributed by atoms with Gasteiger partial charge in [-0.3, -0.25) is 9.59 Å². The smallest absolute Gasteiger partial charge is 0.310 e. The minimum absolute atomic E-state index is 0.0573. The molecule has 0 bridgehead atoms. The largest absolute Gasteiger partial charge is 0.481 e. The van der Waals surface area contributed by atoms with Crippen molar-refractivity contribution in [2.24, 2.45) is 5.41 Å². The second kappa shape index (κ2) is 4.99. The summed E-state index contributed by atoms with van der Waals surface area (Å²) in [5.41, 5.74) is 0.211. The number of hydrogen-bond donors (Lipinski definition) is 2. The number of hydrogen-bond acceptors (Lipinski definition) is 2. The van der Waals surface area contributed by atoms with Crippen LogP contribution in [0.2, 0.25) is 0 Å². The number of aryl methyl sites for hydroxylation is 1. The number of carbonyl (C=O) groups is 2. The molecule has 0 radical (unpaired) electrons. The molecule has 0 unspecified atom stereocenters. The van der Waals surface area contributed by atoms with Crippen LogP contribution in [0.15, 0.2) is 18.2 Å². The number of nitrogens with one attached hydrogen (secondary N) is 1. The number of carbonyl (C=O) groups excluding carboxylic acids is 1. The first kappa shape index (κ1) is 13.5. The Hall–Kier alpha value is -1.91. The Labute approximate surface area is 110 Å². The van der Waals surface area contributed by atoms with Gasteiger partial charge in [0.25, 0.3) is 0 Å². The number of amides is 1. The van der Waals surface area contributed by atoms with Crippen molar-refractivity contribution in [2.75, 3.05) is 5.32 Å². The van der Waals surface area contributed by atoms with E-state index in [4.69, 9.17) is 5.11 Å². The maximum atomic E-state index is 13.1. The van der Waals surface area contributed by atoms with Crippen molar-refractivity contribution >= 4 is 17.6 Å². The molecule has 2 rings (SSSR count). The Kier molecular flexibility index (Phi) is 3.55. The Morgan fingerprint density at radius 2 is 2.11 bits per heavy atom. The quantitative estimate of drug-likeness (QED) is 0.879. The van der Waals surface area contributed by atoms with E-state index in [1.165, 1.54) is 12.1 Å². The SMILES string of the molecule is Cc1ccc(F)cc1NC(=O)CC1(C(=O)O)CCC1. The summed E-state index contributed by atoms with van der Waals surface area (Å²) < 4.78 is 13.1. The van der Waals surface area contributed by atoms with Crippen LogP contribution in [0.25, 0.3) is 0 Å². The predicted octanol–water partition coefficient (Wildman–Crippen LogP) is 2.72. The van der Waals surface area contributed by atoms with Crippen LogP contribution in [0.1, 0.15) is 31.2 Å². The number of benzene rings is 1. The molecule has 4 nitrogen and oxygen atoms in total. The van der Waals surface area contributed by atoms with Crippen molar-refractivity contribution in [2.45, 2.75) is 32.6 Å². The average molecular weight is 265 g/mol. The number of halogens is 1. The lowest BCUT2D eigenvalue weighted by molar-refractivity contribution is -0.157. The number of rotatable bonds is 4. The summed E-state index contributed by atoms with van der Waals surface area (Å²) in [7, 11) is 0. The minimum atomic E-state index is -0.926. The molecule has 1 saturated carbocycles.